The minimum absolute atomic E-state index is 0.0181. The molecule has 0 radical (unpaired) electrons. The van der Waals surface area contributed by atoms with Crippen molar-refractivity contribution in [2.75, 3.05) is 44.7 Å². The quantitative estimate of drug-likeness (QED) is 0.463. The standard InChI is InChI=1S/C20H25ClN6O.C2H2O4/c1-13(12-28)27-18(15-6-4-5-7-16(15)21)24-17-19(22-14(2)23-20(17)27)26-10-8-25(3)9-11-26;3-1(4)2(5)6/h4-7,13,28H,8-12H2,1-3H3;(H,3,4)(H,5,6)/t13-;/m1./s1. The lowest BCUT2D eigenvalue weighted by Crippen LogP contribution is -2.45. The van der Waals surface area contributed by atoms with Gasteiger partial charge in [0.25, 0.3) is 0 Å². The van der Waals surface area contributed by atoms with Crippen molar-refractivity contribution in [3.05, 3.63) is 35.1 Å². The predicted octanol–water partition coefficient (Wildman–Crippen LogP) is 1.92. The zero-order chi connectivity index (χ0) is 25.0. The summed E-state index contributed by atoms with van der Waals surface area (Å²) in [5, 5.41) is 25.3. The molecule has 0 spiro atoms. The van der Waals surface area contributed by atoms with E-state index in [1.807, 2.05) is 42.7 Å². The van der Waals surface area contributed by atoms with Crippen molar-refractivity contribution in [1.29, 1.82) is 0 Å². The highest BCUT2D eigenvalue weighted by Gasteiger charge is 2.26. The zero-order valence-electron chi connectivity index (χ0n) is 19.1. The molecule has 1 aromatic carbocycles. The molecule has 3 N–H and O–H groups in total. The second-order valence-electron chi connectivity index (χ2n) is 7.98. The molecular weight excluding hydrogens is 464 g/mol. The Morgan fingerprint density at radius 2 is 1.68 bits per heavy atom. The molecule has 0 amide bonds. The van der Waals surface area contributed by atoms with Crippen LogP contribution in [0, 0.1) is 6.92 Å². The average Bonchev–Trinajstić information content (AvgIpc) is 3.18. The smallest absolute Gasteiger partial charge is 0.414 e. The van der Waals surface area contributed by atoms with Crippen LogP contribution in [0.2, 0.25) is 5.02 Å². The Morgan fingerprint density at radius 3 is 2.24 bits per heavy atom. The van der Waals surface area contributed by atoms with E-state index in [0.717, 1.165) is 48.7 Å². The number of nitrogens with zero attached hydrogens (tertiary/aromatic N) is 6. The van der Waals surface area contributed by atoms with Gasteiger partial charge in [0.05, 0.1) is 17.7 Å². The summed E-state index contributed by atoms with van der Waals surface area (Å²) in [6.07, 6.45) is 0. The lowest BCUT2D eigenvalue weighted by atomic mass is 10.2. The number of carboxylic acid groups (broad SMARTS) is 2. The fourth-order valence-corrected chi connectivity index (χ4v) is 3.86. The van der Waals surface area contributed by atoms with Gasteiger partial charge in [-0.15, -0.1) is 0 Å². The summed E-state index contributed by atoms with van der Waals surface area (Å²) in [6, 6.07) is 7.44. The SMILES string of the molecule is Cc1nc(N2CCN(C)CC2)c2nc(-c3ccccc3Cl)n([C@H](C)CO)c2n1.O=C(O)C(=O)O. The molecule has 0 bridgehead atoms. The molecule has 182 valence electrons. The largest absolute Gasteiger partial charge is 0.473 e. The third kappa shape index (κ3) is 5.44. The first-order valence-electron chi connectivity index (χ1n) is 10.7. The molecule has 1 aliphatic heterocycles. The van der Waals surface area contributed by atoms with Crippen molar-refractivity contribution >= 4 is 40.5 Å². The molecule has 3 heterocycles. The van der Waals surface area contributed by atoms with Crippen LogP contribution >= 0.6 is 11.6 Å². The highest BCUT2D eigenvalue weighted by Crippen LogP contribution is 2.34. The Bertz CT molecular complexity index is 1180. The molecular formula is C22H27ClN6O5. The summed E-state index contributed by atoms with van der Waals surface area (Å²) in [7, 11) is 2.13. The van der Waals surface area contributed by atoms with Gasteiger partial charge in [-0.25, -0.2) is 24.5 Å². The number of aryl methyl sites for hydroxylation is 1. The number of aliphatic hydroxyl groups excluding tert-OH is 1. The van der Waals surface area contributed by atoms with Crippen molar-refractivity contribution in [3.8, 4) is 11.4 Å². The number of aliphatic carboxylic acids is 2. The molecule has 12 heteroatoms. The summed E-state index contributed by atoms with van der Waals surface area (Å²) in [6.45, 7) is 7.59. The minimum Gasteiger partial charge on any atom is -0.473 e. The van der Waals surface area contributed by atoms with Crippen LogP contribution in [-0.2, 0) is 9.59 Å². The molecule has 0 unspecified atom stereocenters. The number of aromatic nitrogens is 4. The summed E-state index contributed by atoms with van der Waals surface area (Å²) in [4.78, 5) is 37.1. The van der Waals surface area contributed by atoms with E-state index in [9.17, 15) is 5.11 Å². The van der Waals surface area contributed by atoms with Gasteiger partial charge in [0, 0.05) is 31.7 Å². The molecule has 11 nitrogen and oxygen atoms in total. The lowest BCUT2D eigenvalue weighted by molar-refractivity contribution is -0.159. The van der Waals surface area contributed by atoms with E-state index in [1.165, 1.54) is 0 Å². The third-order valence-corrected chi connectivity index (χ3v) is 5.77. The van der Waals surface area contributed by atoms with Crippen molar-refractivity contribution in [3.63, 3.8) is 0 Å². The van der Waals surface area contributed by atoms with Gasteiger partial charge in [-0.3, -0.25) is 0 Å². The number of hydrogen-bond acceptors (Lipinski definition) is 8. The molecule has 0 saturated carbocycles. The van der Waals surface area contributed by atoms with Gasteiger partial charge in [0.1, 0.15) is 11.6 Å². The van der Waals surface area contributed by atoms with Crippen LogP contribution in [0.3, 0.4) is 0 Å². The first-order chi connectivity index (χ1) is 16.1. The number of carbonyl (C=O) groups is 2. The van der Waals surface area contributed by atoms with E-state index in [-0.39, 0.29) is 12.6 Å². The van der Waals surface area contributed by atoms with Crippen LogP contribution in [0.4, 0.5) is 5.82 Å². The monoisotopic (exact) mass is 490 g/mol. The lowest BCUT2D eigenvalue weighted by Gasteiger charge is -2.33. The number of halogens is 1. The van der Waals surface area contributed by atoms with E-state index in [2.05, 4.69) is 21.8 Å². The van der Waals surface area contributed by atoms with Crippen LogP contribution in [0.5, 0.6) is 0 Å². The number of likely N-dealkylation sites (N-methyl/N-ethyl adjacent to an activating group) is 1. The van der Waals surface area contributed by atoms with E-state index in [0.29, 0.717) is 16.7 Å². The van der Waals surface area contributed by atoms with E-state index < -0.39 is 11.9 Å². The van der Waals surface area contributed by atoms with Gasteiger partial charge in [-0.05, 0) is 33.0 Å². The number of benzene rings is 1. The maximum atomic E-state index is 9.88. The number of hydrogen-bond donors (Lipinski definition) is 3. The van der Waals surface area contributed by atoms with E-state index in [4.69, 9.17) is 41.4 Å². The molecule has 34 heavy (non-hydrogen) atoms. The molecule has 4 rings (SSSR count). The van der Waals surface area contributed by atoms with Crippen LogP contribution in [0.15, 0.2) is 24.3 Å². The molecule has 1 fully saturated rings. The second-order valence-corrected chi connectivity index (χ2v) is 8.39. The Kier molecular flexibility index (Phi) is 8.02. The van der Waals surface area contributed by atoms with E-state index in [1.54, 1.807) is 0 Å². The van der Waals surface area contributed by atoms with Crippen molar-refractivity contribution in [2.24, 2.45) is 0 Å². The maximum absolute atomic E-state index is 9.88. The molecule has 2 aromatic heterocycles. The minimum atomic E-state index is -1.82. The van der Waals surface area contributed by atoms with Crippen LogP contribution in [0.25, 0.3) is 22.6 Å². The summed E-state index contributed by atoms with van der Waals surface area (Å²) in [5.41, 5.74) is 2.31. The Morgan fingerprint density at radius 1 is 1.06 bits per heavy atom. The second kappa shape index (κ2) is 10.8. The number of fused-ring (bicyclic) bond motifs is 1. The normalized spacial score (nSPS) is 15.0. The summed E-state index contributed by atoms with van der Waals surface area (Å²) >= 11 is 6.47. The summed E-state index contributed by atoms with van der Waals surface area (Å²) in [5.74, 6) is -1.39. The Labute approximate surface area is 201 Å². The predicted molar refractivity (Wildman–Crippen MR) is 127 cm³/mol. The maximum Gasteiger partial charge on any atom is 0.414 e. The van der Waals surface area contributed by atoms with Gasteiger partial charge >= 0.3 is 11.9 Å². The molecule has 1 aliphatic rings. The number of anilines is 1. The van der Waals surface area contributed by atoms with Gasteiger partial charge < -0.3 is 29.7 Å². The molecule has 1 atom stereocenters. The first kappa shape index (κ1) is 25.3. The fourth-order valence-electron chi connectivity index (χ4n) is 3.64. The van der Waals surface area contributed by atoms with Crippen LogP contribution in [0.1, 0.15) is 18.8 Å². The van der Waals surface area contributed by atoms with Gasteiger partial charge in [0.15, 0.2) is 17.0 Å². The topological polar surface area (TPSA) is 145 Å². The molecule has 0 aliphatic carbocycles. The van der Waals surface area contributed by atoms with Crippen molar-refractivity contribution in [2.45, 2.75) is 19.9 Å². The first-order valence-corrected chi connectivity index (χ1v) is 11.0. The Hall–Kier alpha value is -3.28. The van der Waals surface area contributed by atoms with Crippen molar-refractivity contribution < 1.29 is 24.9 Å². The third-order valence-electron chi connectivity index (χ3n) is 5.44. The van der Waals surface area contributed by atoms with Gasteiger partial charge in [-0.2, -0.15) is 0 Å². The highest BCUT2D eigenvalue weighted by molar-refractivity contribution is 6.33. The molecule has 1 saturated heterocycles. The molecule has 3 aromatic rings. The fraction of sp³-hybridized carbons (Fsp3) is 0.409. The number of aliphatic hydroxyl groups is 1. The summed E-state index contributed by atoms with van der Waals surface area (Å²) < 4.78 is 1.98. The van der Waals surface area contributed by atoms with Crippen LogP contribution in [-0.4, -0.2) is 91.5 Å². The van der Waals surface area contributed by atoms with E-state index >= 15 is 0 Å². The highest BCUT2D eigenvalue weighted by atomic mass is 35.5. The number of carboxylic acids is 2. The number of imidazole rings is 1. The zero-order valence-corrected chi connectivity index (χ0v) is 19.9. The Balaban J connectivity index is 0.000000481. The number of piperazine rings is 1. The van der Waals surface area contributed by atoms with Crippen molar-refractivity contribution in [1.82, 2.24) is 24.4 Å². The van der Waals surface area contributed by atoms with Gasteiger partial charge in [-0.1, -0.05) is 23.7 Å². The van der Waals surface area contributed by atoms with Crippen LogP contribution < -0.4 is 4.90 Å². The van der Waals surface area contributed by atoms with Gasteiger partial charge in [0.2, 0.25) is 0 Å². The number of rotatable bonds is 4. The average molecular weight is 491 g/mol.